The molecule has 3 heterocycles. The van der Waals surface area contributed by atoms with Crippen LogP contribution in [0.25, 0.3) is 11.2 Å². The van der Waals surface area contributed by atoms with Crippen LogP contribution >= 0.6 is 15.7 Å². The van der Waals surface area contributed by atoms with Gasteiger partial charge in [0.15, 0.2) is 25.3 Å². The molecule has 1 saturated heterocycles. The molecule has 0 radical (unpaired) electrons. The number of rotatable bonds is 1. The Morgan fingerprint density at radius 2 is 2.36 bits per heavy atom. The number of aromatic nitrogens is 4. The van der Waals surface area contributed by atoms with Crippen molar-refractivity contribution in [2.75, 3.05) is 5.90 Å². The van der Waals surface area contributed by atoms with Crippen molar-refractivity contribution in [3.05, 3.63) is 12.7 Å². The van der Waals surface area contributed by atoms with Crippen molar-refractivity contribution in [2.45, 2.75) is 0 Å². The number of aryl methyl sites for hydroxylation is 1. The smallest absolute Gasteiger partial charge is 0.236 e. The summed E-state index contributed by atoms with van der Waals surface area (Å²) in [5.41, 5.74) is 1.69. The van der Waals surface area contributed by atoms with Crippen LogP contribution in [0.15, 0.2) is 17.4 Å². The predicted molar refractivity (Wildman–Crippen MR) is 58.5 cm³/mol. The largest absolute Gasteiger partial charge is 0.318 e. The molecule has 7 heteroatoms. The molecule has 0 spiro atoms. The van der Waals surface area contributed by atoms with E-state index in [0.717, 1.165) is 25.3 Å². The van der Waals surface area contributed by atoms with E-state index in [4.69, 9.17) is 0 Å². The maximum atomic E-state index is 4.56. The van der Waals surface area contributed by atoms with E-state index in [1.807, 2.05) is 11.6 Å². The van der Waals surface area contributed by atoms with E-state index in [1.54, 1.807) is 12.7 Å². The fourth-order valence-electron chi connectivity index (χ4n) is 1.22. The van der Waals surface area contributed by atoms with Gasteiger partial charge >= 0.3 is 0 Å². The van der Waals surface area contributed by atoms with Crippen molar-refractivity contribution in [1.29, 1.82) is 0 Å². The Hall–Kier alpha value is -0.920. The lowest BCUT2D eigenvalue weighted by Gasteiger charge is -1.91. The summed E-state index contributed by atoms with van der Waals surface area (Å²) < 4.78 is 6.45. The SMILES string of the molecule is Cn1cnc2c(N=[P+]3CP3)ncnc21. The van der Waals surface area contributed by atoms with Crippen molar-refractivity contribution in [3.63, 3.8) is 0 Å². The molecule has 0 N–H and O–H groups in total. The first-order valence-corrected chi connectivity index (χ1v) is 7.72. The molecule has 1 aliphatic heterocycles. The quantitative estimate of drug-likeness (QED) is 0.698. The molecule has 14 heavy (non-hydrogen) atoms. The standard InChI is InChI=1S/C7H8N5P2/c1-12-3-10-5-6(11-14-4-13-14)8-2-9-7(5)12/h2-3,13H,4H2,1H3/q+1. The van der Waals surface area contributed by atoms with Gasteiger partial charge in [0.05, 0.1) is 6.33 Å². The zero-order valence-corrected chi connectivity index (χ0v) is 9.44. The maximum absolute atomic E-state index is 4.56. The topological polar surface area (TPSA) is 56.0 Å². The highest BCUT2D eigenvalue weighted by molar-refractivity contribution is 8.32. The third-order valence-corrected chi connectivity index (χ3v) is 5.12. The van der Waals surface area contributed by atoms with Gasteiger partial charge in [0.25, 0.3) is 0 Å². The summed E-state index contributed by atoms with van der Waals surface area (Å²) >= 11 is 0. The molecular formula is C7H8N5P2+. The van der Waals surface area contributed by atoms with Crippen molar-refractivity contribution in [3.8, 4) is 0 Å². The van der Waals surface area contributed by atoms with E-state index in [9.17, 15) is 0 Å². The summed E-state index contributed by atoms with van der Waals surface area (Å²) in [6.07, 6.45) is 3.31. The first kappa shape index (κ1) is 8.39. The zero-order valence-electron chi connectivity index (χ0n) is 7.55. The molecule has 0 amide bonds. The monoisotopic (exact) mass is 224 g/mol. The van der Waals surface area contributed by atoms with Gasteiger partial charge in [-0.15, -0.1) is 0 Å². The van der Waals surface area contributed by atoms with Gasteiger partial charge in [-0.1, -0.05) is 0 Å². The molecule has 1 aliphatic rings. The second-order valence-corrected chi connectivity index (χ2v) is 8.12. The van der Waals surface area contributed by atoms with Crippen LogP contribution in [0.5, 0.6) is 0 Å². The Morgan fingerprint density at radius 1 is 1.50 bits per heavy atom. The lowest BCUT2D eigenvalue weighted by molar-refractivity contribution is 0.928. The molecule has 2 unspecified atom stereocenters. The minimum Gasteiger partial charge on any atom is -0.318 e. The lowest BCUT2D eigenvalue weighted by Crippen LogP contribution is -1.87. The Bertz CT molecular complexity index is 526. The van der Waals surface area contributed by atoms with E-state index in [-0.39, 0.29) is 7.40 Å². The number of imidazole rings is 1. The molecule has 70 valence electrons. The van der Waals surface area contributed by atoms with Crippen molar-refractivity contribution in [2.24, 2.45) is 11.8 Å². The highest BCUT2D eigenvalue weighted by Crippen LogP contribution is 2.69. The summed E-state index contributed by atoms with van der Waals surface area (Å²) in [5, 5.41) is 0. The highest BCUT2D eigenvalue weighted by Gasteiger charge is 2.32. The van der Waals surface area contributed by atoms with Crippen LogP contribution in [0, 0.1) is 0 Å². The molecule has 0 bridgehead atoms. The highest BCUT2D eigenvalue weighted by atomic mass is 32.1. The predicted octanol–water partition coefficient (Wildman–Crippen LogP) is 2.22. The maximum Gasteiger partial charge on any atom is 0.236 e. The number of hydrogen-bond acceptors (Lipinski definition) is 4. The van der Waals surface area contributed by atoms with Gasteiger partial charge in [-0.2, -0.15) is 0 Å². The first-order chi connectivity index (χ1) is 6.84. The van der Waals surface area contributed by atoms with Gasteiger partial charge in [0.1, 0.15) is 6.33 Å². The van der Waals surface area contributed by atoms with Crippen LogP contribution in [-0.2, 0) is 7.05 Å². The summed E-state index contributed by atoms with van der Waals surface area (Å²) in [7, 11) is 2.88. The summed E-state index contributed by atoms with van der Waals surface area (Å²) in [6.45, 7) is 0. The Labute approximate surface area is 83.1 Å². The normalized spacial score (nSPS) is 19.6. The second kappa shape index (κ2) is 3.04. The molecule has 0 aromatic carbocycles. The van der Waals surface area contributed by atoms with Crippen LogP contribution in [0.4, 0.5) is 5.82 Å². The van der Waals surface area contributed by atoms with Crippen LogP contribution in [-0.4, -0.2) is 25.4 Å². The second-order valence-electron chi connectivity index (χ2n) is 3.04. The minimum absolute atomic E-state index is 0.0775. The Morgan fingerprint density at radius 3 is 3.14 bits per heavy atom. The van der Waals surface area contributed by atoms with Crippen LogP contribution in [0.2, 0.25) is 0 Å². The first-order valence-electron chi connectivity index (χ1n) is 4.19. The van der Waals surface area contributed by atoms with E-state index < -0.39 is 0 Å². The number of hydrogen-bond donors (Lipinski definition) is 0. The average molecular weight is 224 g/mol. The van der Waals surface area contributed by atoms with Gasteiger partial charge in [-0.3, -0.25) is 0 Å². The summed E-state index contributed by atoms with van der Waals surface area (Å²) in [5.74, 6) is 2.04. The molecule has 1 fully saturated rings. The summed E-state index contributed by atoms with van der Waals surface area (Å²) in [6, 6.07) is 0. The number of nitrogens with zero attached hydrogens (tertiary/aromatic N) is 5. The van der Waals surface area contributed by atoms with E-state index in [2.05, 4.69) is 19.7 Å². The van der Waals surface area contributed by atoms with Gasteiger partial charge < -0.3 is 4.57 Å². The summed E-state index contributed by atoms with van der Waals surface area (Å²) in [4.78, 5) is 12.6. The Kier molecular flexibility index (Phi) is 1.82. The molecule has 0 saturated carbocycles. The third kappa shape index (κ3) is 1.33. The molecule has 2 atom stereocenters. The van der Waals surface area contributed by atoms with Gasteiger partial charge in [-0.25, -0.2) is 15.0 Å². The van der Waals surface area contributed by atoms with E-state index >= 15 is 0 Å². The Balaban J connectivity index is 2.27. The molecule has 2 aromatic heterocycles. The van der Waals surface area contributed by atoms with Crippen LogP contribution < -0.4 is 0 Å². The fraction of sp³-hybridized carbons (Fsp3) is 0.286. The van der Waals surface area contributed by atoms with Crippen molar-refractivity contribution in [1.82, 2.24) is 19.5 Å². The zero-order chi connectivity index (χ0) is 9.54. The van der Waals surface area contributed by atoms with E-state index in [1.165, 1.54) is 5.90 Å². The van der Waals surface area contributed by atoms with Gasteiger partial charge in [0, 0.05) is 7.05 Å². The average Bonchev–Trinajstić information content (AvgIpc) is 2.92. The molecular weight excluding hydrogens is 216 g/mol. The molecule has 5 nitrogen and oxygen atoms in total. The molecule has 3 rings (SSSR count). The number of fused-ring (bicyclic) bond motifs is 1. The van der Waals surface area contributed by atoms with Crippen LogP contribution in [0.1, 0.15) is 0 Å². The molecule has 0 aliphatic carbocycles. The van der Waals surface area contributed by atoms with Crippen LogP contribution in [0.3, 0.4) is 0 Å². The minimum atomic E-state index is -0.0775. The van der Waals surface area contributed by atoms with E-state index in [0.29, 0.717) is 0 Å². The van der Waals surface area contributed by atoms with Gasteiger partial charge in [-0.05, 0) is 4.74 Å². The lowest BCUT2D eigenvalue weighted by atomic mass is 10.5. The third-order valence-electron chi connectivity index (χ3n) is 1.99. The van der Waals surface area contributed by atoms with Gasteiger partial charge in [0.2, 0.25) is 13.2 Å². The fourth-order valence-corrected chi connectivity index (χ4v) is 3.27. The molecule has 2 aromatic rings. The van der Waals surface area contributed by atoms with Crippen molar-refractivity contribution >= 4 is 32.7 Å². The van der Waals surface area contributed by atoms with Crippen molar-refractivity contribution < 1.29 is 0 Å².